The molecule has 0 unspecified atom stereocenters. The highest BCUT2D eigenvalue weighted by Crippen LogP contribution is 2.48. The monoisotopic (exact) mass is 509 g/mol. The van der Waals surface area contributed by atoms with Crippen molar-refractivity contribution in [1.29, 1.82) is 0 Å². The molecule has 0 spiro atoms. The molecule has 0 fully saturated rings. The predicted molar refractivity (Wildman–Crippen MR) is 130 cm³/mol. The van der Waals surface area contributed by atoms with Gasteiger partial charge in [-0.15, -0.1) is 0 Å². The number of phenolic OH excluding ortho intramolecular Hbond substituents is 1. The third-order valence-electron chi connectivity index (χ3n) is 4.98. The van der Waals surface area contributed by atoms with Crippen LogP contribution >= 0.6 is 33.1 Å². The third kappa shape index (κ3) is 3.47. The fraction of sp³-hybridized carbons (Fsp3) is 0.0400. The first-order valence-corrected chi connectivity index (χ1v) is 11.6. The van der Waals surface area contributed by atoms with E-state index < -0.39 is 0 Å². The van der Waals surface area contributed by atoms with Gasteiger partial charge in [-0.25, -0.2) is 0 Å². The van der Waals surface area contributed by atoms with Crippen molar-refractivity contribution in [2.75, 3.05) is 0 Å². The molecule has 1 aromatic heterocycles. The normalized spacial score (nSPS) is 11.2. The second-order valence-electron chi connectivity index (χ2n) is 6.84. The molecule has 1 N–H and O–H groups in total. The second-order valence-corrected chi connectivity index (χ2v) is 9.97. The molecule has 2 nitrogen and oxygen atoms in total. The van der Waals surface area contributed by atoms with Crippen LogP contribution in [0.5, 0.6) is 11.5 Å². The van der Waals surface area contributed by atoms with Gasteiger partial charge in [0.25, 0.3) is 0 Å². The maximum absolute atomic E-state index is 9.66. The number of halogens is 1. The van der Waals surface area contributed by atoms with Crippen LogP contribution in [0.25, 0.3) is 25.1 Å². The van der Waals surface area contributed by atoms with Gasteiger partial charge in [-0.1, -0.05) is 30.3 Å². The maximum Gasteiger partial charge on any atom is 0.187 e. The lowest BCUT2D eigenvalue weighted by atomic mass is 10.2. The minimum Gasteiger partial charge on any atom is -0.507 e. The predicted octanol–water partition coefficient (Wildman–Crippen LogP) is 7.62. The first-order chi connectivity index (χ1) is 14.2. The summed E-state index contributed by atoms with van der Waals surface area (Å²) >= 11 is 2.13. The van der Waals surface area contributed by atoms with E-state index in [-0.39, 0.29) is 10.5 Å². The van der Waals surface area contributed by atoms with Crippen LogP contribution < -0.4 is 4.74 Å². The molecule has 0 aliphatic carbocycles. The molecule has 5 aromatic rings. The molecule has 0 bridgehead atoms. The zero-order valence-corrected chi connectivity index (χ0v) is 18.5. The Balaban J connectivity index is 1.46. The lowest BCUT2D eigenvalue weighted by molar-refractivity contribution is 0.306. The van der Waals surface area contributed by atoms with Gasteiger partial charge in [0.2, 0.25) is 0 Å². The van der Waals surface area contributed by atoms with Crippen LogP contribution in [0.4, 0.5) is 0 Å². The largest absolute Gasteiger partial charge is 0.507 e. The minimum absolute atomic E-state index is 0.0788. The quantitative estimate of drug-likeness (QED) is 0.200. The Morgan fingerprint density at radius 1 is 0.759 bits per heavy atom. The molecule has 142 valence electrons. The van der Waals surface area contributed by atoms with Gasteiger partial charge in [0.1, 0.15) is 18.1 Å². The summed E-state index contributed by atoms with van der Waals surface area (Å²) in [6, 6.07) is 31.4. The van der Waals surface area contributed by atoms with Gasteiger partial charge in [-0.05, 0) is 76.7 Å². The molecule has 0 aliphatic rings. The van der Waals surface area contributed by atoms with E-state index in [1.807, 2.05) is 12.1 Å². The van der Waals surface area contributed by atoms with Crippen molar-refractivity contribution in [1.82, 2.24) is 0 Å². The molecule has 0 amide bonds. The number of ether oxygens (including phenoxy) is 1. The summed E-state index contributed by atoms with van der Waals surface area (Å²) in [5.74, 6) is 1.15. The number of benzene rings is 4. The third-order valence-corrected chi connectivity index (χ3v) is 8.18. The second kappa shape index (κ2) is 7.69. The Hall–Kier alpha value is -2.57. The Labute approximate surface area is 185 Å². The van der Waals surface area contributed by atoms with Crippen LogP contribution in [-0.2, 0) is 6.61 Å². The molecular formula is C25H18IO2S+. The Morgan fingerprint density at radius 2 is 1.38 bits per heavy atom. The highest BCUT2D eigenvalue weighted by Gasteiger charge is 2.22. The molecule has 0 aliphatic heterocycles. The number of fused-ring (bicyclic) bond motifs is 3. The zero-order chi connectivity index (χ0) is 19.8. The van der Waals surface area contributed by atoms with Crippen LogP contribution in [0.1, 0.15) is 5.56 Å². The van der Waals surface area contributed by atoms with Crippen LogP contribution in [0.3, 0.4) is 0 Å². The smallest absolute Gasteiger partial charge is 0.187 e. The van der Waals surface area contributed by atoms with Gasteiger partial charge in [0.05, 0.1) is 3.57 Å². The van der Waals surface area contributed by atoms with Crippen LogP contribution in [0.15, 0.2) is 91.0 Å². The van der Waals surface area contributed by atoms with E-state index in [1.165, 1.54) is 25.1 Å². The van der Waals surface area contributed by atoms with Gasteiger partial charge in [0.15, 0.2) is 14.3 Å². The van der Waals surface area contributed by atoms with E-state index >= 15 is 0 Å². The molecule has 5 rings (SSSR count). The first kappa shape index (κ1) is 18.5. The highest BCUT2D eigenvalue weighted by molar-refractivity contribution is 14.1. The van der Waals surface area contributed by atoms with Crippen molar-refractivity contribution in [3.8, 4) is 16.4 Å². The van der Waals surface area contributed by atoms with Crippen molar-refractivity contribution >= 4 is 53.2 Å². The fourth-order valence-electron chi connectivity index (χ4n) is 3.59. The van der Waals surface area contributed by atoms with E-state index in [4.69, 9.17) is 4.74 Å². The molecule has 0 saturated heterocycles. The van der Waals surface area contributed by atoms with Gasteiger partial charge >= 0.3 is 0 Å². The van der Waals surface area contributed by atoms with Crippen molar-refractivity contribution in [3.05, 3.63) is 100 Å². The standard InChI is InChI=1S/C25H17IO2S/c26-22-15-17(9-14-23(22)27)16-28-18-10-12-19(13-11-18)29-24-7-3-1-5-20(24)21-6-2-4-8-25(21)29/h1-15H,16H2/p+1. The summed E-state index contributed by atoms with van der Waals surface area (Å²) in [6.07, 6.45) is 0. The van der Waals surface area contributed by atoms with Crippen LogP contribution in [0.2, 0.25) is 0 Å². The van der Waals surface area contributed by atoms with Gasteiger partial charge in [0, 0.05) is 33.4 Å². The number of hydrogen-bond donors (Lipinski definition) is 1. The van der Waals surface area contributed by atoms with Crippen molar-refractivity contribution in [2.45, 2.75) is 6.61 Å². The Bertz CT molecular complexity index is 1270. The van der Waals surface area contributed by atoms with Gasteiger partial charge < -0.3 is 9.84 Å². The average molecular weight is 509 g/mol. The summed E-state index contributed by atoms with van der Waals surface area (Å²) in [7, 11) is -0.0788. The topological polar surface area (TPSA) is 29.5 Å². The van der Waals surface area contributed by atoms with E-state index in [0.29, 0.717) is 12.4 Å². The van der Waals surface area contributed by atoms with Crippen molar-refractivity contribution < 1.29 is 9.84 Å². The number of rotatable bonds is 4. The van der Waals surface area contributed by atoms with Gasteiger partial charge in [-0.3, -0.25) is 0 Å². The molecular weight excluding hydrogens is 491 g/mol. The number of aromatic hydroxyl groups is 1. The Kier molecular flexibility index (Phi) is 4.89. The summed E-state index contributed by atoms with van der Waals surface area (Å²) in [5.41, 5.74) is 1.04. The lowest BCUT2D eigenvalue weighted by Crippen LogP contribution is -1.95. The van der Waals surface area contributed by atoms with Gasteiger partial charge in [-0.2, -0.15) is 0 Å². The molecule has 0 saturated carbocycles. The van der Waals surface area contributed by atoms with Crippen molar-refractivity contribution in [2.24, 2.45) is 0 Å². The molecule has 29 heavy (non-hydrogen) atoms. The molecule has 4 heteroatoms. The minimum atomic E-state index is -0.0788. The molecule has 1 heterocycles. The summed E-state index contributed by atoms with van der Waals surface area (Å²) in [4.78, 5) is 1.30. The van der Waals surface area contributed by atoms with Crippen LogP contribution in [-0.4, -0.2) is 5.11 Å². The molecule has 0 atom stereocenters. The maximum atomic E-state index is 9.66. The zero-order valence-electron chi connectivity index (χ0n) is 15.5. The number of thiophene rings is 1. The number of phenols is 1. The SMILES string of the molecule is Oc1ccc(COc2ccc(-[s+]3c4ccccc4c4ccccc43)cc2)cc1I. The number of hydrogen-bond acceptors (Lipinski definition) is 2. The van der Waals surface area contributed by atoms with Crippen molar-refractivity contribution in [3.63, 3.8) is 0 Å². The summed E-state index contributed by atoms with van der Waals surface area (Å²) in [5, 5.41) is 12.3. The van der Waals surface area contributed by atoms with E-state index in [9.17, 15) is 5.11 Å². The molecule has 0 radical (unpaired) electrons. The first-order valence-electron chi connectivity index (χ1n) is 9.34. The summed E-state index contributed by atoms with van der Waals surface area (Å²) in [6.45, 7) is 0.479. The van der Waals surface area contributed by atoms with E-state index in [1.54, 1.807) is 6.07 Å². The van der Waals surface area contributed by atoms with Crippen LogP contribution in [0, 0.1) is 3.57 Å². The lowest BCUT2D eigenvalue weighted by Gasteiger charge is -2.07. The summed E-state index contributed by atoms with van der Waals surface area (Å²) < 4.78 is 9.57. The fourth-order valence-corrected chi connectivity index (χ4v) is 6.54. The highest BCUT2D eigenvalue weighted by atomic mass is 127. The Morgan fingerprint density at radius 3 is 2.00 bits per heavy atom. The average Bonchev–Trinajstić information content (AvgIpc) is 3.10. The van der Waals surface area contributed by atoms with E-state index in [2.05, 4.69) is 95.4 Å². The van der Waals surface area contributed by atoms with E-state index in [0.717, 1.165) is 14.9 Å². The molecule has 4 aromatic carbocycles.